The smallest absolute Gasteiger partial charge is 0.192 e. The van der Waals surface area contributed by atoms with Crippen LogP contribution < -0.4 is 5.22 Å². The Kier molecular flexibility index (Phi) is 4.93. The van der Waals surface area contributed by atoms with Gasteiger partial charge in [-0.15, -0.1) is 0 Å². The zero-order valence-corrected chi connectivity index (χ0v) is 19.6. The van der Waals surface area contributed by atoms with Gasteiger partial charge in [-0.2, -0.15) is 23.7 Å². The Hall–Kier alpha value is -4.87. The average Bonchev–Trinajstić information content (AvgIpc) is 3.41. The number of nitrogens with zero attached hydrogens (tertiary/aromatic N) is 2. The molecule has 2 aliphatic rings. The van der Waals surface area contributed by atoms with E-state index in [1.54, 1.807) is 13.0 Å². The second kappa shape index (κ2) is 8.08. The summed E-state index contributed by atoms with van der Waals surface area (Å²) in [5, 5.41) is 22.6. The molecule has 0 atom stereocenters. The van der Waals surface area contributed by atoms with Crippen molar-refractivity contribution in [2.75, 3.05) is 0 Å². The van der Waals surface area contributed by atoms with Crippen LogP contribution >= 0.6 is 0 Å². The highest BCUT2D eigenvalue weighted by atomic mass is 19.4. The number of fused-ring (bicyclic) bond motifs is 3. The van der Waals surface area contributed by atoms with E-state index in [0.717, 1.165) is 28.3 Å². The molecule has 4 aromatic rings. The van der Waals surface area contributed by atoms with Gasteiger partial charge in [-0.3, -0.25) is 0 Å². The molecule has 5 heteroatoms. The largest absolute Gasteiger partial charge is 0.417 e. The van der Waals surface area contributed by atoms with Crippen molar-refractivity contribution in [1.82, 2.24) is 0 Å². The van der Waals surface area contributed by atoms with Gasteiger partial charge < -0.3 is 0 Å². The van der Waals surface area contributed by atoms with Crippen molar-refractivity contribution in [3.63, 3.8) is 0 Å². The summed E-state index contributed by atoms with van der Waals surface area (Å²) in [6, 6.07) is 29.2. The molecule has 0 bridgehead atoms. The van der Waals surface area contributed by atoms with Crippen molar-refractivity contribution in [1.29, 1.82) is 10.5 Å². The fraction of sp³-hybridized carbons (Fsp3) is 0.0625. The molecule has 0 saturated carbocycles. The summed E-state index contributed by atoms with van der Waals surface area (Å²) in [7, 11) is 0. The number of aryl methyl sites for hydroxylation is 1. The molecule has 176 valence electrons. The van der Waals surface area contributed by atoms with Crippen LogP contribution in [-0.4, -0.2) is 0 Å². The molecule has 0 fully saturated rings. The Morgan fingerprint density at radius 1 is 0.622 bits per heavy atom. The first-order valence-electron chi connectivity index (χ1n) is 11.7. The molecule has 0 amide bonds. The van der Waals surface area contributed by atoms with Gasteiger partial charge in [0, 0.05) is 16.3 Å². The maximum absolute atomic E-state index is 14.1. The summed E-state index contributed by atoms with van der Waals surface area (Å²) in [6.07, 6.45) is -4.51. The zero-order chi connectivity index (χ0) is 25.9. The van der Waals surface area contributed by atoms with E-state index in [2.05, 4.69) is 12.1 Å². The Morgan fingerprint density at radius 3 is 1.57 bits per heavy atom. The lowest BCUT2D eigenvalue weighted by molar-refractivity contribution is -0.136. The van der Waals surface area contributed by atoms with Gasteiger partial charge in [0.25, 0.3) is 0 Å². The number of alkyl halides is 3. The number of benzene rings is 4. The van der Waals surface area contributed by atoms with Crippen LogP contribution in [0.3, 0.4) is 0 Å². The summed E-state index contributed by atoms with van der Waals surface area (Å²) in [5.74, 6) is 0. The van der Waals surface area contributed by atoms with E-state index < -0.39 is 11.7 Å². The highest BCUT2D eigenvalue weighted by Crippen LogP contribution is 2.53. The number of nitriles is 2. The minimum Gasteiger partial charge on any atom is -0.192 e. The number of hydrogen-bond acceptors (Lipinski definition) is 2. The van der Waals surface area contributed by atoms with E-state index in [4.69, 9.17) is 0 Å². The molecule has 6 rings (SSSR count). The van der Waals surface area contributed by atoms with Crippen molar-refractivity contribution < 1.29 is 13.2 Å². The minimum atomic E-state index is -4.51. The lowest BCUT2D eigenvalue weighted by Gasteiger charge is -2.13. The van der Waals surface area contributed by atoms with E-state index in [9.17, 15) is 23.7 Å². The monoisotopic (exact) mass is 486 g/mol. The van der Waals surface area contributed by atoms with Crippen LogP contribution in [0.15, 0.2) is 84.9 Å². The molecular formula is C32H17F3N2. The standard InChI is InChI=1S/C32H17F3N2/c1-18-12-13-22-29-23(14-15-24(25(18)29)32(33,34)35)31-27(20-10-6-3-7-11-20)28(21(16-36)17-37)26(30(22)31)19-8-4-2-5-9-19/h2-15H,1H3. The van der Waals surface area contributed by atoms with Crippen LogP contribution in [0.1, 0.15) is 11.1 Å². The van der Waals surface area contributed by atoms with E-state index in [-0.39, 0.29) is 11.0 Å². The van der Waals surface area contributed by atoms with Gasteiger partial charge in [0.15, 0.2) is 0 Å². The SMILES string of the molecule is Cc1ccc2c3c(-c4ccccc4)c(=C(C#N)C#N)c(-c4ccccc4)c-3c3ccc(C(F)(F)F)c1c23. The van der Waals surface area contributed by atoms with E-state index in [0.29, 0.717) is 38.1 Å². The van der Waals surface area contributed by atoms with Crippen molar-refractivity contribution in [2.45, 2.75) is 13.1 Å². The number of halogens is 3. The third-order valence-corrected chi connectivity index (χ3v) is 7.06. The van der Waals surface area contributed by atoms with E-state index in [1.807, 2.05) is 66.7 Å². The molecule has 0 radical (unpaired) electrons. The second-order valence-corrected chi connectivity index (χ2v) is 9.04. The minimum absolute atomic E-state index is 0.0380. The molecule has 0 N–H and O–H groups in total. The van der Waals surface area contributed by atoms with Crippen LogP contribution in [0.2, 0.25) is 0 Å². The summed E-state index contributed by atoms with van der Waals surface area (Å²) in [4.78, 5) is 0. The van der Waals surface area contributed by atoms with Gasteiger partial charge in [-0.25, -0.2) is 0 Å². The third-order valence-electron chi connectivity index (χ3n) is 7.06. The molecule has 0 spiro atoms. The Balaban J connectivity index is 1.98. The molecule has 2 nitrogen and oxygen atoms in total. The summed E-state index contributed by atoms with van der Waals surface area (Å²) in [6.45, 7) is 1.69. The van der Waals surface area contributed by atoms with Crippen molar-refractivity contribution in [3.05, 3.63) is 101 Å². The van der Waals surface area contributed by atoms with Crippen LogP contribution in [0.4, 0.5) is 13.2 Å². The van der Waals surface area contributed by atoms with Crippen LogP contribution in [0.5, 0.6) is 0 Å². The summed E-state index contributed by atoms with van der Waals surface area (Å²) < 4.78 is 42.3. The lowest BCUT2D eigenvalue weighted by atomic mass is 9.94. The molecule has 4 aromatic carbocycles. The zero-order valence-electron chi connectivity index (χ0n) is 19.6. The Bertz CT molecular complexity index is 1830. The van der Waals surface area contributed by atoms with Crippen LogP contribution in [-0.2, 0) is 6.18 Å². The molecule has 37 heavy (non-hydrogen) atoms. The number of rotatable bonds is 2. The topological polar surface area (TPSA) is 47.6 Å². The number of hydrogen-bond donors (Lipinski definition) is 0. The predicted octanol–water partition coefficient (Wildman–Crippen LogP) is 8.11. The highest BCUT2D eigenvalue weighted by Gasteiger charge is 2.36. The Labute approximate surface area is 210 Å². The summed E-state index contributed by atoms with van der Waals surface area (Å²) >= 11 is 0. The second-order valence-electron chi connectivity index (χ2n) is 9.04. The maximum atomic E-state index is 14.1. The molecule has 0 saturated heterocycles. The first kappa shape index (κ1) is 22.6. The molecule has 0 unspecified atom stereocenters. The fourth-order valence-electron chi connectivity index (χ4n) is 5.66. The first-order valence-corrected chi connectivity index (χ1v) is 11.7. The summed E-state index contributed by atoms with van der Waals surface area (Å²) in [5.41, 5.74) is 4.29. The van der Waals surface area contributed by atoms with Gasteiger partial charge in [0.05, 0.1) is 5.56 Å². The van der Waals surface area contributed by atoms with Gasteiger partial charge in [-0.1, -0.05) is 78.9 Å². The van der Waals surface area contributed by atoms with Crippen molar-refractivity contribution in [2.24, 2.45) is 0 Å². The van der Waals surface area contributed by atoms with Gasteiger partial charge in [0.2, 0.25) is 0 Å². The van der Waals surface area contributed by atoms with Gasteiger partial charge >= 0.3 is 6.18 Å². The quantitative estimate of drug-likeness (QED) is 0.248. The molecule has 0 aliphatic heterocycles. The molecular weight excluding hydrogens is 469 g/mol. The first-order chi connectivity index (χ1) is 17.9. The predicted molar refractivity (Wildman–Crippen MR) is 140 cm³/mol. The molecule has 0 aromatic heterocycles. The van der Waals surface area contributed by atoms with Crippen molar-refractivity contribution in [3.8, 4) is 45.5 Å². The fourth-order valence-corrected chi connectivity index (χ4v) is 5.66. The van der Waals surface area contributed by atoms with E-state index >= 15 is 0 Å². The maximum Gasteiger partial charge on any atom is 0.417 e. The normalized spacial score (nSPS) is 11.7. The van der Waals surface area contributed by atoms with Gasteiger partial charge in [-0.05, 0) is 62.4 Å². The van der Waals surface area contributed by atoms with Crippen LogP contribution in [0.25, 0.3) is 60.5 Å². The lowest BCUT2D eigenvalue weighted by Crippen LogP contribution is -2.09. The average molecular weight is 486 g/mol. The Morgan fingerprint density at radius 2 is 1.11 bits per heavy atom. The molecule has 0 heterocycles. The van der Waals surface area contributed by atoms with Gasteiger partial charge in [0.1, 0.15) is 17.7 Å². The highest BCUT2D eigenvalue weighted by molar-refractivity contribution is 6.30. The van der Waals surface area contributed by atoms with Crippen LogP contribution in [0, 0.1) is 29.6 Å². The van der Waals surface area contributed by atoms with E-state index in [1.165, 1.54) is 6.07 Å². The molecule has 2 aliphatic carbocycles. The third kappa shape index (κ3) is 3.18. The van der Waals surface area contributed by atoms with Crippen molar-refractivity contribution >= 4 is 27.1 Å².